The number of hydrogen-bond donors (Lipinski definition) is 0. The first-order chi connectivity index (χ1) is 6.93. The number of fused-ring (bicyclic) bond motifs is 1. The third-order valence-corrected chi connectivity index (χ3v) is 3.07. The molecule has 0 N–H and O–H groups in total. The Kier molecular flexibility index (Phi) is 1.79. The van der Waals surface area contributed by atoms with Crippen LogP contribution in [0.2, 0.25) is 0 Å². The molecule has 0 saturated carbocycles. The van der Waals surface area contributed by atoms with Crippen LogP contribution in [0.1, 0.15) is 24.1 Å². The van der Waals surface area contributed by atoms with E-state index >= 15 is 0 Å². The fourth-order valence-electron chi connectivity index (χ4n) is 2.26. The van der Waals surface area contributed by atoms with E-state index in [2.05, 4.69) is 28.1 Å². The molecule has 0 amide bonds. The lowest BCUT2D eigenvalue weighted by Crippen LogP contribution is -2.17. The van der Waals surface area contributed by atoms with Crippen molar-refractivity contribution in [3.63, 3.8) is 0 Å². The molecule has 14 heavy (non-hydrogen) atoms. The maximum absolute atomic E-state index is 4.50. The Morgan fingerprint density at radius 2 is 2.07 bits per heavy atom. The van der Waals surface area contributed by atoms with Gasteiger partial charge in [-0.05, 0) is 24.5 Å². The minimum Gasteiger partial charge on any atom is -0.370 e. The van der Waals surface area contributed by atoms with Crippen LogP contribution in [0.5, 0.6) is 0 Å². The second kappa shape index (κ2) is 3.12. The maximum Gasteiger partial charge on any atom is 0.0558 e. The van der Waals surface area contributed by atoms with Crippen LogP contribution in [-0.4, -0.2) is 18.1 Å². The number of anilines is 1. The molecule has 2 aliphatic rings. The van der Waals surface area contributed by atoms with Crippen LogP contribution < -0.4 is 4.90 Å². The van der Waals surface area contributed by atoms with Crippen LogP contribution in [0.15, 0.2) is 18.3 Å². The predicted molar refractivity (Wildman–Crippen MR) is 58.4 cm³/mol. The monoisotopic (exact) mass is 186 g/mol. The summed E-state index contributed by atoms with van der Waals surface area (Å²) in [4.78, 5) is 6.93. The summed E-state index contributed by atoms with van der Waals surface area (Å²) in [5.41, 5.74) is 3.84. The molecule has 1 aromatic heterocycles. The van der Waals surface area contributed by atoms with E-state index in [0.717, 1.165) is 6.42 Å². The van der Waals surface area contributed by atoms with Crippen molar-refractivity contribution < 1.29 is 0 Å². The summed E-state index contributed by atoms with van der Waals surface area (Å²) in [6, 6.07) is 2.27. The molecule has 2 heterocycles. The number of pyridine rings is 1. The van der Waals surface area contributed by atoms with Crippen molar-refractivity contribution in [2.24, 2.45) is 0 Å². The molecule has 1 saturated heterocycles. The first-order valence-electron chi connectivity index (χ1n) is 5.34. The summed E-state index contributed by atoms with van der Waals surface area (Å²) in [7, 11) is 0. The highest BCUT2D eigenvalue weighted by Gasteiger charge is 2.14. The highest BCUT2D eigenvalue weighted by Crippen LogP contribution is 2.25. The first-order valence-corrected chi connectivity index (χ1v) is 5.34. The Bertz CT molecular complexity index is 376. The van der Waals surface area contributed by atoms with E-state index in [1.807, 2.05) is 6.20 Å². The Morgan fingerprint density at radius 3 is 2.93 bits per heavy atom. The molecule has 0 bridgehead atoms. The van der Waals surface area contributed by atoms with Crippen molar-refractivity contribution in [2.45, 2.75) is 19.3 Å². The van der Waals surface area contributed by atoms with Crippen molar-refractivity contribution in [2.75, 3.05) is 18.0 Å². The van der Waals surface area contributed by atoms with E-state index in [4.69, 9.17) is 0 Å². The van der Waals surface area contributed by atoms with Gasteiger partial charge in [0.15, 0.2) is 0 Å². The van der Waals surface area contributed by atoms with Gasteiger partial charge in [0.05, 0.1) is 17.6 Å². The molecular formula is C12H14N2. The Labute approximate surface area is 84.3 Å². The highest BCUT2D eigenvalue weighted by molar-refractivity contribution is 5.63. The van der Waals surface area contributed by atoms with Gasteiger partial charge < -0.3 is 4.90 Å². The number of rotatable bonds is 1. The summed E-state index contributed by atoms with van der Waals surface area (Å²) in [6.07, 6.45) is 10.1. The number of hydrogen-bond acceptors (Lipinski definition) is 2. The van der Waals surface area contributed by atoms with E-state index < -0.39 is 0 Å². The molecule has 2 heteroatoms. The van der Waals surface area contributed by atoms with Crippen molar-refractivity contribution in [3.8, 4) is 0 Å². The lowest BCUT2D eigenvalue weighted by Gasteiger charge is -2.17. The summed E-state index contributed by atoms with van der Waals surface area (Å²) in [5, 5.41) is 0. The lowest BCUT2D eigenvalue weighted by atomic mass is 10.2. The predicted octanol–water partition coefficient (Wildman–Crippen LogP) is 2.25. The number of allylic oxidation sites excluding steroid dienone is 1. The molecular weight excluding hydrogens is 172 g/mol. The molecule has 72 valence electrons. The van der Waals surface area contributed by atoms with Crippen molar-refractivity contribution in [3.05, 3.63) is 29.6 Å². The van der Waals surface area contributed by atoms with Crippen LogP contribution >= 0.6 is 0 Å². The zero-order valence-electron chi connectivity index (χ0n) is 8.24. The smallest absolute Gasteiger partial charge is 0.0558 e. The van der Waals surface area contributed by atoms with Crippen LogP contribution in [0.25, 0.3) is 6.08 Å². The summed E-state index contributed by atoms with van der Waals surface area (Å²) < 4.78 is 0. The second-order valence-electron chi connectivity index (χ2n) is 4.03. The van der Waals surface area contributed by atoms with Gasteiger partial charge in [-0.3, -0.25) is 4.98 Å². The second-order valence-corrected chi connectivity index (χ2v) is 4.03. The van der Waals surface area contributed by atoms with Crippen molar-refractivity contribution in [1.82, 2.24) is 4.98 Å². The fourth-order valence-corrected chi connectivity index (χ4v) is 2.26. The molecule has 3 rings (SSSR count). The van der Waals surface area contributed by atoms with Crippen molar-refractivity contribution in [1.29, 1.82) is 0 Å². The lowest BCUT2D eigenvalue weighted by molar-refractivity contribution is 0.949. The van der Waals surface area contributed by atoms with Gasteiger partial charge in [-0.2, -0.15) is 0 Å². The van der Waals surface area contributed by atoms with Crippen LogP contribution in [0, 0.1) is 0 Å². The highest BCUT2D eigenvalue weighted by atomic mass is 15.1. The van der Waals surface area contributed by atoms with Gasteiger partial charge in [0.2, 0.25) is 0 Å². The van der Waals surface area contributed by atoms with Crippen LogP contribution in [0.3, 0.4) is 0 Å². The molecule has 0 radical (unpaired) electrons. The van der Waals surface area contributed by atoms with Crippen LogP contribution in [-0.2, 0) is 6.42 Å². The minimum atomic E-state index is 1.01. The van der Waals surface area contributed by atoms with Gasteiger partial charge in [0.25, 0.3) is 0 Å². The molecule has 1 aliphatic carbocycles. The third-order valence-electron chi connectivity index (χ3n) is 3.07. The molecule has 1 aliphatic heterocycles. The largest absolute Gasteiger partial charge is 0.370 e. The van der Waals surface area contributed by atoms with E-state index in [9.17, 15) is 0 Å². The number of aromatic nitrogens is 1. The summed E-state index contributed by atoms with van der Waals surface area (Å²) in [5.74, 6) is 0. The molecule has 0 aromatic carbocycles. The van der Waals surface area contributed by atoms with Gasteiger partial charge in [0, 0.05) is 19.5 Å². The van der Waals surface area contributed by atoms with E-state index in [1.165, 1.54) is 42.9 Å². The average molecular weight is 186 g/mol. The van der Waals surface area contributed by atoms with Gasteiger partial charge >= 0.3 is 0 Å². The zero-order chi connectivity index (χ0) is 9.38. The topological polar surface area (TPSA) is 16.1 Å². The molecule has 0 atom stereocenters. The molecule has 2 nitrogen and oxygen atoms in total. The summed E-state index contributed by atoms with van der Waals surface area (Å²) >= 11 is 0. The maximum atomic E-state index is 4.50. The van der Waals surface area contributed by atoms with Crippen molar-refractivity contribution >= 4 is 11.8 Å². The quantitative estimate of drug-likeness (QED) is 0.668. The number of nitrogens with zero attached hydrogens (tertiary/aromatic N) is 2. The van der Waals surface area contributed by atoms with Crippen LogP contribution in [0.4, 0.5) is 5.69 Å². The normalized spacial score (nSPS) is 19.0. The third kappa shape index (κ3) is 1.22. The van der Waals surface area contributed by atoms with E-state index in [0.29, 0.717) is 0 Å². The molecule has 1 aromatic rings. The van der Waals surface area contributed by atoms with Gasteiger partial charge in [-0.15, -0.1) is 0 Å². The summed E-state index contributed by atoms with van der Waals surface area (Å²) in [6.45, 7) is 2.40. The molecule has 0 unspecified atom stereocenters. The Hall–Kier alpha value is -1.31. The minimum absolute atomic E-state index is 1.01. The van der Waals surface area contributed by atoms with Gasteiger partial charge in [-0.1, -0.05) is 12.2 Å². The first kappa shape index (κ1) is 8.04. The SMILES string of the molecule is C1=Cc2cc(N3CCCC3)cnc2C1. The van der Waals surface area contributed by atoms with Gasteiger partial charge in [-0.25, -0.2) is 0 Å². The average Bonchev–Trinajstić information content (AvgIpc) is 2.88. The van der Waals surface area contributed by atoms with E-state index in [-0.39, 0.29) is 0 Å². The Morgan fingerprint density at radius 1 is 1.21 bits per heavy atom. The van der Waals surface area contributed by atoms with E-state index in [1.54, 1.807) is 0 Å². The standard InChI is InChI=1S/C12H14N2/c1-2-7-14(6-1)11-8-10-4-3-5-12(10)13-9-11/h3-4,8-9H,1-2,5-7H2. The fraction of sp³-hybridized carbons (Fsp3) is 0.417. The zero-order valence-corrected chi connectivity index (χ0v) is 8.24. The molecule has 1 fully saturated rings. The molecule has 0 spiro atoms. The van der Waals surface area contributed by atoms with Gasteiger partial charge in [0.1, 0.15) is 0 Å². The Balaban J connectivity index is 1.95.